The minimum atomic E-state index is -1.57. The van der Waals surface area contributed by atoms with Crippen LogP contribution in [-0.4, -0.2) is 51.3 Å². The first-order chi connectivity index (χ1) is 10.2. The van der Waals surface area contributed by atoms with Gasteiger partial charge in [0.1, 0.15) is 11.0 Å². The molecule has 1 aromatic heterocycles. The predicted octanol–water partition coefficient (Wildman–Crippen LogP) is 0.473. The molecule has 0 atom stereocenters. The van der Waals surface area contributed by atoms with Gasteiger partial charge in [-0.05, 0) is 29.8 Å². The molecule has 0 fully saturated rings. The Hall–Kier alpha value is -1.97. The largest absolute Gasteiger partial charge is 0.433 e. The molecule has 1 amide bonds. The number of amides is 1. The SMILES string of the molecule is CO[SiH](CCCNC(=O)On1nnc2ccccc21)OC. The molecule has 2 rings (SSSR count). The van der Waals surface area contributed by atoms with E-state index in [-0.39, 0.29) is 0 Å². The van der Waals surface area contributed by atoms with E-state index in [1.165, 1.54) is 0 Å². The average Bonchev–Trinajstić information content (AvgIpc) is 2.91. The van der Waals surface area contributed by atoms with Gasteiger partial charge < -0.3 is 14.2 Å². The molecule has 8 nitrogen and oxygen atoms in total. The molecule has 0 saturated carbocycles. The predicted molar refractivity (Wildman–Crippen MR) is 78.1 cm³/mol. The third kappa shape index (κ3) is 4.25. The van der Waals surface area contributed by atoms with Gasteiger partial charge in [-0.25, -0.2) is 4.79 Å². The second kappa shape index (κ2) is 7.72. The van der Waals surface area contributed by atoms with Crippen molar-refractivity contribution in [2.45, 2.75) is 12.5 Å². The molecule has 1 heterocycles. The van der Waals surface area contributed by atoms with E-state index in [1.54, 1.807) is 26.4 Å². The average molecular weight is 310 g/mol. The van der Waals surface area contributed by atoms with Crippen LogP contribution in [-0.2, 0) is 8.85 Å². The third-order valence-corrected chi connectivity index (χ3v) is 4.83. The molecule has 9 heteroatoms. The molecule has 0 saturated heterocycles. The molecule has 1 N–H and O–H groups in total. The van der Waals surface area contributed by atoms with Crippen molar-refractivity contribution < 1.29 is 18.5 Å². The molecule has 0 spiro atoms. The van der Waals surface area contributed by atoms with Crippen molar-refractivity contribution in [1.29, 1.82) is 0 Å². The Kier molecular flexibility index (Phi) is 5.66. The van der Waals surface area contributed by atoms with E-state index < -0.39 is 15.4 Å². The van der Waals surface area contributed by atoms with Crippen LogP contribution in [0.3, 0.4) is 0 Å². The van der Waals surface area contributed by atoms with Gasteiger partial charge in [0.25, 0.3) is 0 Å². The van der Waals surface area contributed by atoms with Crippen molar-refractivity contribution >= 4 is 26.4 Å². The van der Waals surface area contributed by atoms with Crippen molar-refractivity contribution in [2.75, 3.05) is 20.8 Å². The van der Waals surface area contributed by atoms with Crippen LogP contribution in [0.2, 0.25) is 6.04 Å². The van der Waals surface area contributed by atoms with Crippen LogP contribution < -0.4 is 10.2 Å². The topological polar surface area (TPSA) is 87.5 Å². The second-order valence-corrected chi connectivity index (χ2v) is 6.68. The summed E-state index contributed by atoms with van der Waals surface area (Å²) >= 11 is 0. The molecule has 0 aliphatic rings. The first-order valence-corrected chi connectivity index (χ1v) is 8.32. The fourth-order valence-electron chi connectivity index (χ4n) is 1.82. The van der Waals surface area contributed by atoms with Crippen LogP contribution in [0.25, 0.3) is 11.0 Å². The van der Waals surface area contributed by atoms with Gasteiger partial charge >= 0.3 is 15.4 Å². The third-order valence-electron chi connectivity index (χ3n) is 2.90. The minimum absolute atomic E-state index is 0.488. The molecule has 0 radical (unpaired) electrons. The number of nitrogens with one attached hydrogen (secondary N) is 1. The molecule has 0 unspecified atom stereocenters. The van der Waals surface area contributed by atoms with Crippen molar-refractivity contribution in [3.63, 3.8) is 0 Å². The fourth-order valence-corrected chi connectivity index (χ4v) is 3.02. The van der Waals surface area contributed by atoms with Crippen molar-refractivity contribution in [2.24, 2.45) is 0 Å². The number of carbonyl (C=O) groups excluding carboxylic acids is 1. The number of benzene rings is 1. The van der Waals surface area contributed by atoms with Crippen LogP contribution in [0.5, 0.6) is 0 Å². The van der Waals surface area contributed by atoms with Gasteiger partial charge in [-0.2, -0.15) is 0 Å². The van der Waals surface area contributed by atoms with Gasteiger partial charge in [0.05, 0.1) is 0 Å². The monoisotopic (exact) mass is 310 g/mol. The number of nitrogens with zero attached hydrogens (tertiary/aromatic N) is 3. The van der Waals surface area contributed by atoms with Gasteiger partial charge in [-0.1, -0.05) is 17.0 Å². The second-order valence-electron chi connectivity index (χ2n) is 4.30. The highest BCUT2D eigenvalue weighted by Gasteiger charge is 2.11. The van der Waals surface area contributed by atoms with E-state index in [0.717, 1.165) is 17.3 Å². The first-order valence-electron chi connectivity index (χ1n) is 6.57. The number of hydrogen-bond donors (Lipinski definition) is 1. The van der Waals surface area contributed by atoms with Gasteiger partial charge in [-0.3, -0.25) is 4.84 Å². The maximum absolute atomic E-state index is 11.7. The molecule has 0 aliphatic heterocycles. The summed E-state index contributed by atoms with van der Waals surface area (Å²) in [6.07, 6.45) is 0.199. The zero-order valence-corrected chi connectivity index (χ0v) is 13.1. The normalized spacial score (nSPS) is 11.0. The van der Waals surface area contributed by atoms with Crippen LogP contribution in [0.15, 0.2) is 24.3 Å². The summed E-state index contributed by atoms with van der Waals surface area (Å²) in [6.45, 7) is 0.488. The summed E-state index contributed by atoms with van der Waals surface area (Å²) < 4.78 is 10.4. The van der Waals surface area contributed by atoms with Crippen LogP contribution >= 0.6 is 0 Å². The van der Waals surface area contributed by atoms with Crippen molar-refractivity contribution in [3.05, 3.63) is 24.3 Å². The van der Waals surface area contributed by atoms with E-state index in [4.69, 9.17) is 13.7 Å². The summed E-state index contributed by atoms with van der Waals surface area (Å²) in [6, 6.07) is 8.05. The van der Waals surface area contributed by atoms with Gasteiger partial charge in [0.2, 0.25) is 0 Å². The van der Waals surface area contributed by atoms with Gasteiger partial charge in [0.15, 0.2) is 0 Å². The molecule has 2 aromatic rings. The van der Waals surface area contributed by atoms with E-state index >= 15 is 0 Å². The lowest BCUT2D eigenvalue weighted by atomic mass is 10.3. The zero-order chi connectivity index (χ0) is 15.1. The molecule has 0 aliphatic carbocycles. The number of rotatable bonds is 7. The fraction of sp³-hybridized carbons (Fsp3) is 0.417. The van der Waals surface area contributed by atoms with Crippen LogP contribution in [0.1, 0.15) is 6.42 Å². The molecule has 1 aromatic carbocycles. The highest BCUT2D eigenvalue weighted by atomic mass is 28.3. The summed E-state index contributed by atoms with van der Waals surface area (Å²) in [5.41, 5.74) is 1.30. The standard InChI is InChI=1S/C12H18N4O4Si/c1-18-21(19-2)9-5-8-13-12(17)20-16-11-7-4-3-6-10(11)14-15-16/h3-4,6-7,21H,5,8-9H2,1-2H3,(H,13,17). The van der Waals surface area contributed by atoms with E-state index in [1.807, 2.05) is 12.1 Å². The minimum Gasteiger partial charge on any atom is -0.400 e. The highest BCUT2D eigenvalue weighted by Crippen LogP contribution is 2.07. The van der Waals surface area contributed by atoms with Gasteiger partial charge in [-0.15, -0.1) is 5.10 Å². The Labute approximate surface area is 123 Å². The van der Waals surface area contributed by atoms with Crippen molar-refractivity contribution in [3.8, 4) is 0 Å². The summed E-state index contributed by atoms with van der Waals surface area (Å²) in [5.74, 6) is 0. The van der Waals surface area contributed by atoms with Crippen LogP contribution in [0, 0.1) is 0 Å². The number of aromatic nitrogens is 3. The Bertz CT molecular complexity index is 587. The lowest BCUT2D eigenvalue weighted by Crippen LogP contribution is -2.33. The summed E-state index contributed by atoms with van der Waals surface area (Å²) in [5, 5.41) is 10.3. The number of para-hydroxylation sites is 1. The lowest BCUT2D eigenvalue weighted by Gasteiger charge is -2.10. The maximum Gasteiger partial charge on any atom is 0.433 e. The number of hydrogen-bond acceptors (Lipinski definition) is 6. The van der Waals surface area contributed by atoms with E-state index in [9.17, 15) is 4.79 Å². The Morgan fingerprint density at radius 3 is 2.86 bits per heavy atom. The molecule has 114 valence electrons. The molecular formula is C12H18N4O4Si. The van der Waals surface area contributed by atoms with E-state index in [0.29, 0.717) is 17.6 Å². The number of fused-ring (bicyclic) bond motifs is 1. The molecule has 0 bridgehead atoms. The van der Waals surface area contributed by atoms with Crippen molar-refractivity contribution in [1.82, 2.24) is 20.5 Å². The number of carbonyl (C=O) groups is 1. The van der Waals surface area contributed by atoms with E-state index in [2.05, 4.69) is 15.6 Å². The first kappa shape index (κ1) is 15.4. The lowest BCUT2D eigenvalue weighted by molar-refractivity contribution is 0.119. The summed E-state index contributed by atoms with van der Waals surface area (Å²) in [7, 11) is 1.71. The summed E-state index contributed by atoms with van der Waals surface area (Å²) in [4.78, 5) is 17.8. The maximum atomic E-state index is 11.7. The van der Waals surface area contributed by atoms with Crippen LogP contribution in [0.4, 0.5) is 4.79 Å². The molecular weight excluding hydrogens is 292 g/mol. The molecule has 21 heavy (non-hydrogen) atoms. The Balaban J connectivity index is 1.77. The quantitative estimate of drug-likeness (QED) is 0.454. The highest BCUT2D eigenvalue weighted by molar-refractivity contribution is 6.44. The van der Waals surface area contributed by atoms with Gasteiger partial charge in [0, 0.05) is 20.8 Å². The Morgan fingerprint density at radius 2 is 2.10 bits per heavy atom. The smallest absolute Gasteiger partial charge is 0.400 e. The zero-order valence-electron chi connectivity index (χ0n) is 12.0. The Morgan fingerprint density at radius 1 is 1.33 bits per heavy atom.